The molecule has 0 radical (unpaired) electrons. The fraction of sp³-hybridized carbons (Fsp3) is 0.357. The highest BCUT2D eigenvalue weighted by Crippen LogP contribution is 2.21. The molecule has 5 heteroatoms. The zero-order valence-corrected chi connectivity index (χ0v) is 11.8. The van der Waals surface area contributed by atoms with Gasteiger partial charge in [0.05, 0.1) is 0 Å². The molecular formula is C14H17ClFN3. The second kappa shape index (κ2) is 6.17. The summed E-state index contributed by atoms with van der Waals surface area (Å²) in [5.41, 5.74) is 1.46. The molecule has 1 heterocycles. The minimum atomic E-state index is -0.300. The standard InChI is InChI=1S/C14H17ClFN3/c1-9(2)17-7-10-8-18-14(19-10)6-11-12(15)4-3-5-13(11)16/h3-5,8-9,17H,6-7H2,1-2H3,(H,18,19). The van der Waals surface area contributed by atoms with Crippen molar-refractivity contribution in [2.75, 3.05) is 0 Å². The monoisotopic (exact) mass is 281 g/mol. The second-order valence-corrected chi connectivity index (χ2v) is 5.17. The number of H-pyrrole nitrogens is 1. The molecule has 1 aromatic heterocycles. The lowest BCUT2D eigenvalue weighted by Crippen LogP contribution is -2.21. The van der Waals surface area contributed by atoms with Crippen molar-refractivity contribution < 1.29 is 4.39 Å². The van der Waals surface area contributed by atoms with Crippen LogP contribution in [0.15, 0.2) is 24.4 Å². The fourth-order valence-corrected chi connectivity index (χ4v) is 2.00. The van der Waals surface area contributed by atoms with Gasteiger partial charge in [0.15, 0.2) is 0 Å². The molecule has 0 fully saturated rings. The summed E-state index contributed by atoms with van der Waals surface area (Å²) in [6.45, 7) is 4.88. The Labute approximate surface area is 117 Å². The predicted octanol–water partition coefficient (Wildman–Crippen LogP) is 3.29. The minimum Gasteiger partial charge on any atom is -0.345 e. The zero-order chi connectivity index (χ0) is 13.8. The van der Waals surface area contributed by atoms with Crippen LogP contribution in [0.1, 0.15) is 30.9 Å². The molecule has 0 aliphatic rings. The van der Waals surface area contributed by atoms with Gasteiger partial charge in [-0.15, -0.1) is 0 Å². The molecule has 19 heavy (non-hydrogen) atoms. The summed E-state index contributed by atoms with van der Waals surface area (Å²) in [5.74, 6) is 0.415. The Bertz CT molecular complexity index is 531. The van der Waals surface area contributed by atoms with E-state index in [1.807, 2.05) is 0 Å². The minimum absolute atomic E-state index is 0.300. The van der Waals surface area contributed by atoms with Gasteiger partial charge in [-0.1, -0.05) is 31.5 Å². The Morgan fingerprint density at radius 3 is 2.89 bits per heavy atom. The van der Waals surface area contributed by atoms with Gasteiger partial charge < -0.3 is 10.3 Å². The molecule has 0 saturated heterocycles. The Balaban J connectivity index is 2.07. The predicted molar refractivity (Wildman–Crippen MR) is 74.8 cm³/mol. The third kappa shape index (κ3) is 3.78. The summed E-state index contributed by atoms with van der Waals surface area (Å²) in [6.07, 6.45) is 2.13. The van der Waals surface area contributed by atoms with E-state index >= 15 is 0 Å². The quantitative estimate of drug-likeness (QED) is 0.883. The third-order valence-corrected chi connectivity index (χ3v) is 3.14. The second-order valence-electron chi connectivity index (χ2n) is 4.77. The van der Waals surface area contributed by atoms with Gasteiger partial charge >= 0.3 is 0 Å². The Morgan fingerprint density at radius 2 is 2.21 bits per heavy atom. The number of imidazole rings is 1. The highest BCUT2D eigenvalue weighted by molar-refractivity contribution is 6.31. The molecule has 0 amide bonds. The molecule has 2 aromatic rings. The number of hydrogen-bond acceptors (Lipinski definition) is 2. The van der Waals surface area contributed by atoms with Crippen molar-refractivity contribution in [1.29, 1.82) is 0 Å². The number of halogens is 2. The van der Waals surface area contributed by atoms with Crippen molar-refractivity contribution in [2.24, 2.45) is 0 Å². The lowest BCUT2D eigenvalue weighted by atomic mass is 10.1. The number of rotatable bonds is 5. The number of nitrogens with zero attached hydrogens (tertiary/aromatic N) is 1. The molecule has 0 unspecified atom stereocenters. The van der Waals surface area contributed by atoms with Crippen LogP contribution in [-0.4, -0.2) is 16.0 Å². The number of hydrogen-bond donors (Lipinski definition) is 2. The summed E-state index contributed by atoms with van der Waals surface area (Å²) in [5, 5.41) is 3.72. The lowest BCUT2D eigenvalue weighted by molar-refractivity contribution is 0.582. The largest absolute Gasteiger partial charge is 0.345 e. The zero-order valence-electron chi connectivity index (χ0n) is 11.0. The Morgan fingerprint density at radius 1 is 1.42 bits per heavy atom. The van der Waals surface area contributed by atoms with Crippen LogP contribution in [0.3, 0.4) is 0 Å². The highest BCUT2D eigenvalue weighted by atomic mass is 35.5. The third-order valence-electron chi connectivity index (χ3n) is 2.79. The molecule has 2 rings (SSSR count). The van der Waals surface area contributed by atoms with Crippen molar-refractivity contribution in [3.8, 4) is 0 Å². The molecular weight excluding hydrogens is 265 g/mol. The topological polar surface area (TPSA) is 40.7 Å². The van der Waals surface area contributed by atoms with E-state index in [2.05, 4.69) is 29.1 Å². The molecule has 102 valence electrons. The smallest absolute Gasteiger partial charge is 0.128 e. The van der Waals surface area contributed by atoms with E-state index in [0.29, 0.717) is 28.9 Å². The first-order valence-corrected chi connectivity index (χ1v) is 6.63. The Kier molecular flexibility index (Phi) is 4.56. The van der Waals surface area contributed by atoms with Gasteiger partial charge in [0.2, 0.25) is 0 Å². The molecule has 0 atom stereocenters. The lowest BCUT2D eigenvalue weighted by Gasteiger charge is -2.06. The average Bonchev–Trinajstić information content (AvgIpc) is 2.79. The molecule has 0 bridgehead atoms. The highest BCUT2D eigenvalue weighted by Gasteiger charge is 2.10. The van der Waals surface area contributed by atoms with E-state index in [9.17, 15) is 4.39 Å². The SMILES string of the molecule is CC(C)NCc1cnc(Cc2c(F)cccc2Cl)[nH]1. The van der Waals surface area contributed by atoms with E-state index in [-0.39, 0.29) is 5.82 Å². The average molecular weight is 282 g/mol. The van der Waals surface area contributed by atoms with E-state index < -0.39 is 0 Å². The maximum Gasteiger partial charge on any atom is 0.128 e. The van der Waals surface area contributed by atoms with Crippen molar-refractivity contribution in [1.82, 2.24) is 15.3 Å². The molecule has 2 N–H and O–H groups in total. The van der Waals surface area contributed by atoms with Gasteiger partial charge in [0, 0.05) is 41.5 Å². The van der Waals surface area contributed by atoms with Crippen LogP contribution in [0.25, 0.3) is 0 Å². The summed E-state index contributed by atoms with van der Waals surface area (Å²) in [6, 6.07) is 5.10. The summed E-state index contributed by atoms with van der Waals surface area (Å²) in [7, 11) is 0. The summed E-state index contributed by atoms with van der Waals surface area (Å²) in [4.78, 5) is 7.42. The van der Waals surface area contributed by atoms with E-state index in [0.717, 1.165) is 12.2 Å². The Hall–Kier alpha value is -1.39. The van der Waals surface area contributed by atoms with Gasteiger partial charge in [-0.05, 0) is 12.1 Å². The van der Waals surface area contributed by atoms with Crippen molar-refractivity contribution in [2.45, 2.75) is 32.9 Å². The molecule has 0 aliphatic heterocycles. The van der Waals surface area contributed by atoms with Gasteiger partial charge in [0.25, 0.3) is 0 Å². The van der Waals surface area contributed by atoms with Crippen molar-refractivity contribution in [3.05, 3.63) is 52.3 Å². The maximum absolute atomic E-state index is 13.7. The first-order valence-electron chi connectivity index (χ1n) is 6.25. The molecule has 1 aromatic carbocycles. The molecule has 0 spiro atoms. The normalized spacial score (nSPS) is 11.2. The summed E-state index contributed by atoms with van der Waals surface area (Å²) < 4.78 is 13.7. The van der Waals surface area contributed by atoms with Crippen LogP contribution >= 0.6 is 11.6 Å². The fourth-order valence-electron chi connectivity index (χ4n) is 1.77. The number of aromatic amines is 1. The van der Waals surface area contributed by atoms with Crippen molar-refractivity contribution in [3.63, 3.8) is 0 Å². The van der Waals surface area contributed by atoms with E-state index in [4.69, 9.17) is 11.6 Å². The molecule has 3 nitrogen and oxygen atoms in total. The van der Waals surface area contributed by atoms with Crippen LogP contribution in [0.5, 0.6) is 0 Å². The first-order chi connectivity index (χ1) is 9.06. The van der Waals surface area contributed by atoms with Crippen LogP contribution in [-0.2, 0) is 13.0 Å². The van der Waals surface area contributed by atoms with Crippen LogP contribution in [0, 0.1) is 5.82 Å². The maximum atomic E-state index is 13.7. The van der Waals surface area contributed by atoms with Crippen LogP contribution < -0.4 is 5.32 Å². The number of nitrogens with one attached hydrogen (secondary N) is 2. The molecule has 0 saturated carbocycles. The van der Waals surface area contributed by atoms with Gasteiger partial charge in [-0.25, -0.2) is 9.37 Å². The summed E-state index contributed by atoms with van der Waals surface area (Å²) >= 11 is 5.99. The van der Waals surface area contributed by atoms with E-state index in [1.165, 1.54) is 6.07 Å². The first kappa shape index (κ1) is 14.0. The molecule has 0 aliphatic carbocycles. The van der Waals surface area contributed by atoms with Gasteiger partial charge in [-0.2, -0.15) is 0 Å². The number of aromatic nitrogens is 2. The van der Waals surface area contributed by atoms with Gasteiger partial charge in [-0.3, -0.25) is 0 Å². The number of benzene rings is 1. The van der Waals surface area contributed by atoms with E-state index in [1.54, 1.807) is 18.3 Å². The van der Waals surface area contributed by atoms with Gasteiger partial charge in [0.1, 0.15) is 11.6 Å². The van der Waals surface area contributed by atoms with Crippen molar-refractivity contribution >= 4 is 11.6 Å². The van der Waals surface area contributed by atoms with Crippen LogP contribution in [0.2, 0.25) is 5.02 Å². The van der Waals surface area contributed by atoms with Crippen LogP contribution in [0.4, 0.5) is 4.39 Å².